The highest BCUT2D eigenvalue weighted by atomic mass is 35.5. The van der Waals surface area contributed by atoms with Gasteiger partial charge in [0.05, 0.1) is 24.6 Å². The minimum absolute atomic E-state index is 0.102. The number of nitrogens with one attached hydrogen (secondary N) is 2. The second-order valence-electron chi connectivity index (χ2n) is 5.96. The van der Waals surface area contributed by atoms with Gasteiger partial charge in [-0.25, -0.2) is 4.79 Å². The van der Waals surface area contributed by atoms with Gasteiger partial charge in [-0.05, 0) is 31.0 Å². The number of carbonyl (C=O) groups excluding carboxylic acids is 1. The predicted octanol–water partition coefficient (Wildman–Crippen LogP) is 1.38. The van der Waals surface area contributed by atoms with Crippen molar-refractivity contribution in [3.63, 3.8) is 0 Å². The molecule has 1 aromatic heterocycles. The number of H-pyrrole nitrogens is 2. The van der Waals surface area contributed by atoms with Crippen LogP contribution in [0.2, 0.25) is 5.02 Å². The van der Waals surface area contributed by atoms with Crippen LogP contribution in [0.4, 0.5) is 0 Å². The first-order valence-electron chi connectivity index (χ1n) is 7.95. The van der Waals surface area contributed by atoms with Gasteiger partial charge >= 0.3 is 5.69 Å². The molecule has 0 fully saturated rings. The zero-order valence-electron chi connectivity index (χ0n) is 13.7. The molecule has 1 amide bonds. The monoisotopic (exact) mass is 363 g/mol. The van der Waals surface area contributed by atoms with E-state index in [9.17, 15) is 14.4 Å². The van der Waals surface area contributed by atoms with Crippen LogP contribution in [0, 0.1) is 6.92 Å². The molecule has 7 nitrogen and oxygen atoms in total. The third-order valence-electron chi connectivity index (χ3n) is 4.12. The maximum absolute atomic E-state index is 12.3. The molecule has 0 aliphatic carbocycles. The van der Waals surface area contributed by atoms with Crippen molar-refractivity contribution in [2.45, 2.75) is 26.3 Å². The highest BCUT2D eigenvalue weighted by molar-refractivity contribution is 6.32. The molecule has 1 aromatic carbocycles. The minimum atomic E-state index is -0.560. The van der Waals surface area contributed by atoms with Crippen LogP contribution in [0.25, 0.3) is 0 Å². The number of aromatic amines is 2. The third kappa shape index (κ3) is 3.93. The van der Waals surface area contributed by atoms with Crippen molar-refractivity contribution >= 4 is 17.5 Å². The number of amides is 1. The summed E-state index contributed by atoms with van der Waals surface area (Å²) < 4.78 is 5.57. The van der Waals surface area contributed by atoms with Crippen LogP contribution in [0.5, 0.6) is 5.75 Å². The number of rotatable bonds is 4. The summed E-state index contributed by atoms with van der Waals surface area (Å²) in [5, 5.41) is 0.510. The molecule has 0 saturated carbocycles. The highest BCUT2D eigenvalue weighted by Crippen LogP contribution is 2.25. The average Bonchev–Trinajstić information content (AvgIpc) is 2.56. The Bertz CT molecular complexity index is 919. The summed E-state index contributed by atoms with van der Waals surface area (Å²) in [6.07, 6.45) is 0.602. The lowest BCUT2D eigenvalue weighted by Gasteiger charge is -2.27. The molecular formula is C17H18ClN3O4. The fourth-order valence-electron chi connectivity index (χ4n) is 2.82. The summed E-state index contributed by atoms with van der Waals surface area (Å²) in [7, 11) is 0. The van der Waals surface area contributed by atoms with E-state index in [-0.39, 0.29) is 31.0 Å². The molecule has 2 aromatic rings. The number of halogens is 1. The van der Waals surface area contributed by atoms with Gasteiger partial charge in [0.2, 0.25) is 5.91 Å². The summed E-state index contributed by atoms with van der Waals surface area (Å²) in [5.74, 6) is 0.440. The van der Waals surface area contributed by atoms with E-state index in [0.717, 1.165) is 5.56 Å². The summed E-state index contributed by atoms with van der Waals surface area (Å²) in [4.78, 5) is 41.9. The van der Waals surface area contributed by atoms with Gasteiger partial charge in [0.1, 0.15) is 5.75 Å². The SMILES string of the molecule is Cc1ccc(OCCC(=O)N2CCc3c([nH]c(=O)[nH]c3=O)C2)c(Cl)c1. The lowest BCUT2D eigenvalue weighted by Crippen LogP contribution is -2.41. The molecule has 1 aliphatic heterocycles. The van der Waals surface area contributed by atoms with Gasteiger partial charge in [-0.15, -0.1) is 0 Å². The Labute approximate surface area is 148 Å². The number of hydrogen-bond acceptors (Lipinski definition) is 4. The first kappa shape index (κ1) is 17.3. The van der Waals surface area contributed by atoms with Crippen LogP contribution >= 0.6 is 11.6 Å². The zero-order chi connectivity index (χ0) is 18.0. The summed E-state index contributed by atoms with van der Waals surface area (Å²) in [5.41, 5.74) is 1.12. The molecule has 0 saturated heterocycles. The average molecular weight is 364 g/mol. The number of ether oxygens (including phenoxy) is 1. The van der Waals surface area contributed by atoms with Crippen molar-refractivity contribution in [3.05, 3.63) is 60.9 Å². The van der Waals surface area contributed by atoms with Crippen molar-refractivity contribution in [3.8, 4) is 5.75 Å². The predicted molar refractivity (Wildman–Crippen MR) is 93.1 cm³/mol. The van der Waals surface area contributed by atoms with Crippen LogP contribution in [0.15, 0.2) is 27.8 Å². The molecule has 0 radical (unpaired) electrons. The van der Waals surface area contributed by atoms with Gasteiger partial charge in [0.25, 0.3) is 5.56 Å². The summed E-state index contributed by atoms with van der Waals surface area (Å²) in [6.45, 7) is 2.80. The van der Waals surface area contributed by atoms with Gasteiger partial charge < -0.3 is 14.6 Å². The maximum Gasteiger partial charge on any atom is 0.325 e. The zero-order valence-corrected chi connectivity index (χ0v) is 14.5. The highest BCUT2D eigenvalue weighted by Gasteiger charge is 2.23. The van der Waals surface area contributed by atoms with E-state index in [4.69, 9.17) is 16.3 Å². The molecule has 3 rings (SSSR count). The molecule has 0 unspecified atom stereocenters. The lowest BCUT2D eigenvalue weighted by atomic mass is 10.1. The normalized spacial score (nSPS) is 13.4. The molecular weight excluding hydrogens is 346 g/mol. The van der Waals surface area contributed by atoms with E-state index in [1.54, 1.807) is 17.0 Å². The van der Waals surface area contributed by atoms with Crippen LogP contribution < -0.4 is 16.0 Å². The van der Waals surface area contributed by atoms with E-state index in [0.29, 0.717) is 35.0 Å². The minimum Gasteiger partial charge on any atom is -0.491 e. The second kappa shape index (κ2) is 7.14. The molecule has 25 heavy (non-hydrogen) atoms. The number of hydrogen-bond donors (Lipinski definition) is 2. The van der Waals surface area contributed by atoms with Gasteiger partial charge in [0, 0.05) is 17.8 Å². The molecule has 0 spiro atoms. The molecule has 2 heterocycles. The largest absolute Gasteiger partial charge is 0.491 e. The Morgan fingerprint density at radius 3 is 2.88 bits per heavy atom. The first-order chi connectivity index (χ1) is 11.9. The molecule has 132 valence electrons. The maximum atomic E-state index is 12.3. The van der Waals surface area contributed by atoms with E-state index < -0.39 is 5.69 Å². The van der Waals surface area contributed by atoms with E-state index in [1.165, 1.54) is 0 Å². The first-order valence-corrected chi connectivity index (χ1v) is 8.33. The van der Waals surface area contributed by atoms with E-state index in [2.05, 4.69) is 9.97 Å². The van der Waals surface area contributed by atoms with E-state index >= 15 is 0 Å². The summed E-state index contributed by atoms with van der Waals surface area (Å²) >= 11 is 6.09. The Morgan fingerprint density at radius 1 is 1.32 bits per heavy atom. The smallest absolute Gasteiger partial charge is 0.325 e. The van der Waals surface area contributed by atoms with Gasteiger partial charge in [0.15, 0.2) is 0 Å². The Balaban J connectivity index is 1.59. The Hall–Kier alpha value is -2.54. The van der Waals surface area contributed by atoms with Crippen molar-refractivity contribution in [1.29, 1.82) is 0 Å². The van der Waals surface area contributed by atoms with Gasteiger partial charge in [-0.1, -0.05) is 17.7 Å². The van der Waals surface area contributed by atoms with Gasteiger partial charge in [-0.2, -0.15) is 0 Å². The van der Waals surface area contributed by atoms with Crippen molar-refractivity contribution in [2.24, 2.45) is 0 Å². The van der Waals surface area contributed by atoms with Crippen molar-refractivity contribution in [2.75, 3.05) is 13.2 Å². The number of benzene rings is 1. The van der Waals surface area contributed by atoms with Crippen molar-refractivity contribution < 1.29 is 9.53 Å². The van der Waals surface area contributed by atoms with E-state index in [1.807, 2.05) is 13.0 Å². The molecule has 8 heteroatoms. The number of aromatic nitrogens is 2. The van der Waals surface area contributed by atoms with Crippen LogP contribution in [-0.4, -0.2) is 33.9 Å². The van der Waals surface area contributed by atoms with Crippen molar-refractivity contribution in [1.82, 2.24) is 14.9 Å². The number of nitrogens with zero attached hydrogens (tertiary/aromatic N) is 1. The fourth-order valence-corrected chi connectivity index (χ4v) is 3.11. The quantitative estimate of drug-likeness (QED) is 0.857. The Kier molecular flexibility index (Phi) is 4.94. The second-order valence-corrected chi connectivity index (χ2v) is 6.37. The standard InChI is InChI=1S/C17H18ClN3O4/c1-10-2-3-14(12(18)8-10)25-7-5-15(22)21-6-4-11-13(9-21)19-17(24)20-16(11)23/h2-3,8H,4-7,9H2,1H3,(H2,19,20,23,24). The molecule has 1 aliphatic rings. The van der Waals surface area contributed by atoms with Crippen LogP contribution in [-0.2, 0) is 17.8 Å². The third-order valence-corrected chi connectivity index (χ3v) is 4.42. The number of fused-ring (bicyclic) bond motifs is 1. The topological polar surface area (TPSA) is 95.3 Å². The molecule has 0 atom stereocenters. The lowest BCUT2D eigenvalue weighted by molar-refractivity contribution is -0.132. The Morgan fingerprint density at radius 2 is 2.12 bits per heavy atom. The molecule has 2 N–H and O–H groups in total. The number of carbonyl (C=O) groups is 1. The molecule has 0 bridgehead atoms. The summed E-state index contributed by atoms with van der Waals surface area (Å²) in [6, 6.07) is 5.46. The van der Waals surface area contributed by atoms with Crippen LogP contribution in [0.3, 0.4) is 0 Å². The van der Waals surface area contributed by atoms with Gasteiger partial charge in [-0.3, -0.25) is 14.6 Å². The van der Waals surface area contributed by atoms with Crippen LogP contribution in [0.1, 0.15) is 23.2 Å². The fraction of sp³-hybridized carbons (Fsp3) is 0.353. The number of aryl methyl sites for hydroxylation is 1.